The number of furan rings is 2. The summed E-state index contributed by atoms with van der Waals surface area (Å²) in [6.07, 6.45) is 0.992. The fraction of sp³-hybridized carbons (Fsp3) is 0.444. The van der Waals surface area contributed by atoms with E-state index in [1.54, 1.807) is 0 Å². The standard InChI is InChI=1S/C18H22N2O3/c1-9-4-12-15(14-6-11(7-19)8-20(14)3)17-13(5-10(2)22-17)16(21)18(12)23-9/h4-5,11,14,21H,6-8,19H2,1-3H3. The van der Waals surface area contributed by atoms with Crippen molar-refractivity contribution in [2.45, 2.75) is 26.3 Å². The van der Waals surface area contributed by atoms with Crippen LogP contribution in [0, 0.1) is 19.8 Å². The molecule has 0 bridgehead atoms. The summed E-state index contributed by atoms with van der Waals surface area (Å²) in [5, 5.41) is 12.2. The van der Waals surface area contributed by atoms with Crippen LogP contribution in [0.5, 0.6) is 5.75 Å². The van der Waals surface area contributed by atoms with E-state index in [1.807, 2.05) is 26.0 Å². The summed E-state index contributed by atoms with van der Waals surface area (Å²) in [6, 6.07) is 4.09. The number of phenolic OH excluding ortho intramolecular Hbond substituents is 1. The first-order valence-electron chi connectivity index (χ1n) is 8.05. The second-order valence-corrected chi connectivity index (χ2v) is 6.75. The van der Waals surface area contributed by atoms with Gasteiger partial charge in [0.1, 0.15) is 17.1 Å². The maximum Gasteiger partial charge on any atom is 0.177 e. The van der Waals surface area contributed by atoms with Gasteiger partial charge in [-0.3, -0.25) is 4.90 Å². The molecule has 122 valence electrons. The second-order valence-electron chi connectivity index (χ2n) is 6.75. The Morgan fingerprint density at radius 2 is 1.83 bits per heavy atom. The summed E-state index contributed by atoms with van der Waals surface area (Å²) in [7, 11) is 2.12. The van der Waals surface area contributed by atoms with Gasteiger partial charge in [-0.25, -0.2) is 0 Å². The lowest BCUT2D eigenvalue weighted by Crippen LogP contribution is -2.20. The quantitative estimate of drug-likeness (QED) is 0.757. The summed E-state index contributed by atoms with van der Waals surface area (Å²) in [4.78, 5) is 2.32. The SMILES string of the molecule is Cc1cc2c(C3CC(CN)CN3C)c3oc(C)cc3c(O)c2o1. The lowest BCUT2D eigenvalue weighted by atomic mass is 9.95. The summed E-state index contributed by atoms with van der Waals surface area (Å²) >= 11 is 0. The number of fused-ring (bicyclic) bond motifs is 2. The highest BCUT2D eigenvalue weighted by Gasteiger charge is 2.34. The van der Waals surface area contributed by atoms with E-state index < -0.39 is 0 Å². The van der Waals surface area contributed by atoms with Gasteiger partial charge in [0.05, 0.1) is 5.39 Å². The van der Waals surface area contributed by atoms with Gasteiger partial charge < -0.3 is 19.7 Å². The number of rotatable bonds is 2. The van der Waals surface area contributed by atoms with E-state index in [0.717, 1.165) is 46.4 Å². The largest absolute Gasteiger partial charge is 0.504 e. The van der Waals surface area contributed by atoms with E-state index in [2.05, 4.69) is 11.9 Å². The molecule has 0 aliphatic carbocycles. The van der Waals surface area contributed by atoms with Crippen LogP contribution in [0.3, 0.4) is 0 Å². The summed E-state index contributed by atoms with van der Waals surface area (Å²) in [5.74, 6) is 2.22. The number of hydrogen-bond donors (Lipinski definition) is 2. The number of phenols is 1. The van der Waals surface area contributed by atoms with Crippen molar-refractivity contribution in [1.82, 2.24) is 4.90 Å². The molecule has 23 heavy (non-hydrogen) atoms. The molecule has 1 saturated heterocycles. The van der Waals surface area contributed by atoms with Gasteiger partial charge in [-0.15, -0.1) is 0 Å². The van der Waals surface area contributed by atoms with Crippen LogP contribution < -0.4 is 5.73 Å². The van der Waals surface area contributed by atoms with E-state index in [-0.39, 0.29) is 11.8 Å². The predicted octanol–water partition coefficient (Wildman–Crippen LogP) is 3.45. The van der Waals surface area contributed by atoms with Crippen LogP contribution in [-0.4, -0.2) is 30.1 Å². The summed E-state index contributed by atoms with van der Waals surface area (Å²) in [6.45, 7) is 5.46. The molecule has 2 atom stereocenters. The van der Waals surface area contributed by atoms with Gasteiger partial charge in [-0.2, -0.15) is 0 Å². The highest BCUT2D eigenvalue weighted by atomic mass is 16.4. The molecule has 3 N–H and O–H groups in total. The molecular formula is C18H22N2O3. The van der Waals surface area contributed by atoms with Gasteiger partial charge in [0.2, 0.25) is 0 Å². The van der Waals surface area contributed by atoms with Crippen LogP contribution in [0.4, 0.5) is 0 Å². The Labute approximate surface area is 134 Å². The number of aryl methyl sites for hydroxylation is 2. The lowest BCUT2D eigenvalue weighted by Gasteiger charge is -2.20. The fourth-order valence-corrected chi connectivity index (χ4v) is 3.97. The van der Waals surface area contributed by atoms with Gasteiger partial charge in [0, 0.05) is 23.5 Å². The molecule has 1 aliphatic rings. The highest BCUT2D eigenvalue weighted by Crippen LogP contribution is 2.46. The molecule has 4 rings (SSSR count). The molecule has 1 aromatic carbocycles. The Morgan fingerprint density at radius 1 is 1.17 bits per heavy atom. The molecule has 0 radical (unpaired) electrons. The van der Waals surface area contributed by atoms with Crippen LogP contribution in [0.2, 0.25) is 0 Å². The molecule has 3 heterocycles. The van der Waals surface area contributed by atoms with Gasteiger partial charge in [-0.1, -0.05) is 0 Å². The minimum atomic E-state index is 0.166. The zero-order valence-electron chi connectivity index (χ0n) is 13.7. The molecule has 0 amide bonds. The number of likely N-dealkylation sites (tertiary alicyclic amines) is 1. The van der Waals surface area contributed by atoms with Crippen molar-refractivity contribution in [1.29, 1.82) is 0 Å². The number of hydrogen-bond acceptors (Lipinski definition) is 5. The zero-order chi connectivity index (χ0) is 16.3. The van der Waals surface area contributed by atoms with Gasteiger partial charge in [0.15, 0.2) is 11.3 Å². The number of benzene rings is 1. The zero-order valence-corrected chi connectivity index (χ0v) is 13.7. The monoisotopic (exact) mass is 314 g/mol. The Balaban J connectivity index is 2.04. The molecule has 5 heteroatoms. The van der Waals surface area contributed by atoms with Crippen molar-refractivity contribution in [3.05, 3.63) is 29.2 Å². The Kier molecular flexibility index (Phi) is 3.18. The van der Waals surface area contributed by atoms with E-state index in [4.69, 9.17) is 14.6 Å². The number of nitrogens with two attached hydrogens (primary N) is 1. The van der Waals surface area contributed by atoms with Crippen molar-refractivity contribution < 1.29 is 13.9 Å². The third-order valence-electron chi connectivity index (χ3n) is 5.02. The van der Waals surface area contributed by atoms with Crippen molar-refractivity contribution in [3.8, 4) is 5.75 Å². The summed E-state index contributed by atoms with van der Waals surface area (Å²) < 4.78 is 11.7. The van der Waals surface area contributed by atoms with Gasteiger partial charge in [0.25, 0.3) is 0 Å². The topological polar surface area (TPSA) is 75.8 Å². The van der Waals surface area contributed by atoms with Crippen molar-refractivity contribution in [2.24, 2.45) is 11.7 Å². The Hall–Kier alpha value is -1.98. The van der Waals surface area contributed by atoms with Crippen LogP contribution >= 0.6 is 0 Å². The number of nitrogens with zero attached hydrogens (tertiary/aromatic N) is 1. The summed E-state index contributed by atoms with van der Waals surface area (Å²) in [5.41, 5.74) is 8.31. The van der Waals surface area contributed by atoms with E-state index >= 15 is 0 Å². The predicted molar refractivity (Wildman–Crippen MR) is 89.7 cm³/mol. The highest BCUT2D eigenvalue weighted by molar-refractivity contribution is 6.04. The Bertz CT molecular complexity index is 835. The van der Waals surface area contributed by atoms with Crippen molar-refractivity contribution in [2.75, 3.05) is 20.1 Å². The van der Waals surface area contributed by atoms with Crippen molar-refractivity contribution in [3.63, 3.8) is 0 Å². The average molecular weight is 314 g/mol. The van der Waals surface area contributed by atoms with Crippen molar-refractivity contribution >= 4 is 21.9 Å². The molecule has 2 unspecified atom stereocenters. The molecular weight excluding hydrogens is 292 g/mol. The molecule has 2 aromatic heterocycles. The molecule has 1 aliphatic heterocycles. The molecule has 0 saturated carbocycles. The van der Waals surface area contributed by atoms with E-state index in [9.17, 15) is 5.11 Å². The average Bonchev–Trinajstić information content (AvgIpc) is 3.17. The normalized spacial score (nSPS) is 22.6. The third-order valence-corrected chi connectivity index (χ3v) is 5.02. The molecule has 3 aromatic rings. The second kappa shape index (κ2) is 5.01. The van der Waals surface area contributed by atoms with E-state index in [0.29, 0.717) is 18.0 Å². The Morgan fingerprint density at radius 3 is 2.48 bits per heavy atom. The first kappa shape index (κ1) is 14.6. The van der Waals surface area contributed by atoms with Crippen LogP contribution in [0.15, 0.2) is 21.0 Å². The lowest BCUT2D eigenvalue weighted by molar-refractivity contribution is 0.314. The van der Waals surface area contributed by atoms with Crippen LogP contribution in [0.1, 0.15) is 29.5 Å². The smallest absolute Gasteiger partial charge is 0.177 e. The minimum absolute atomic E-state index is 0.166. The molecule has 1 fully saturated rings. The molecule has 0 spiro atoms. The maximum absolute atomic E-state index is 10.6. The first-order valence-corrected chi connectivity index (χ1v) is 8.05. The number of aromatic hydroxyl groups is 1. The van der Waals surface area contributed by atoms with Crippen LogP contribution in [-0.2, 0) is 0 Å². The minimum Gasteiger partial charge on any atom is -0.504 e. The van der Waals surface area contributed by atoms with E-state index in [1.165, 1.54) is 0 Å². The van der Waals surface area contributed by atoms with Gasteiger partial charge in [-0.05, 0) is 51.9 Å². The van der Waals surface area contributed by atoms with Crippen LogP contribution in [0.25, 0.3) is 21.9 Å². The fourth-order valence-electron chi connectivity index (χ4n) is 3.97. The third kappa shape index (κ3) is 2.07. The first-order chi connectivity index (χ1) is 11.0. The maximum atomic E-state index is 10.6. The van der Waals surface area contributed by atoms with Gasteiger partial charge >= 0.3 is 0 Å². The molecule has 5 nitrogen and oxygen atoms in total.